The van der Waals surface area contributed by atoms with Crippen molar-refractivity contribution in [3.63, 3.8) is 0 Å². The number of nitrogens with two attached hydrogens (primary N) is 1. The Balaban J connectivity index is 2.12. The van der Waals surface area contributed by atoms with Crippen LogP contribution in [-0.2, 0) is 6.42 Å². The lowest BCUT2D eigenvalue weighted by atomic mass is 10.1. The summed E-state index contributed by atoms with van der Waals surface area (Å²) in [5, 5.41) is 3.42. The van der Waals surface area contributed by atoms with Gasteiger partial charge in [0.05, 0.1) is 0 Å². The minimum Gasteiger partial charge on any atom is -0.330 e. The Labute approximate surface area is 100 Å². The van der Waals surface area contributed by atoms with Crippen LogP contribution in [0.4, 0.5) is 0 Å². The molecule has 2 nitrogen and oxygen atoms in total. The summed E-state index contributed by atoms with van der Waals surface area (Å²) >= 11 is 3.55. The van der Waals surface area contributed by atoms with Gasteiger partial charge in [0.1, 0.15) is 0 Å². The van der Waals surface area contributed by atoms with E-state index in [1.807, 2.05) is 6.07 Å². The average molecular weight is 271 g/mol. The van der Waals surface area contributed by atoms with E-state index in [0.29, 0.717) is 0 Å². The quantitative estimate of drug-likeness (QED) is 0.747. The van der Waals surface area contributed by atoms with Crippen molar-refractivity contribution in [3.05, 3.63) is 34.3 Å². The first-order valence-electron chi connectivity index (χ1n) is 5.49. The Kier molecular flexibility index (Phi) is 6.64. The van der Waals surface area contributed by atoms with Crippen LogP contribution in [0.2, 0.25) is 0 Å². The maximum absolute atomic E-state index is 5.42. The summed E-state index contributed by atoms with van der Waals surface area (Å²) in [5.41, 5.74) is 6.78. The molecule has 1 rings (SSSR count). The highest BCUT2D eigenvalue weighted by Crippen LogP contribution is 2.15. The summed E-state index contributed by atoms with van der Waals surface area (Å²) in [7, 11) is 0. The van der Waals surface area contributed by atoms with Gasteiger partial charge >= 0.3 is 0 Å². The maximum atomic E-state index is 5.42. The third-order valence-corrected chi connectivity index (χ3v) is 3.11. The molecule has 0 fully saturated rings. The highest BCUT2D eigenvalue weighted by molar-refractivity contribution is 9.10. The van der Waals surface area contributed by atoms with Crippen molar-refractivity contribution in [3.8, 4) is 0 Å². The predicted octanol–water partition coefficient (Wildman–Crippen LogP) is 2.32. The van der Waals surface area contributed by atoms with Crippen LogP contribution in [0.1, 0.15) is 18.4 Å². The normalized spacial score (nSPS) is 10.5. The molecule has 0 aromatic heterocycles. The van der Waals surface area contributed by atoms with Gasteiger partial charge in [0.25, 0.3) is 0 Å². The summed E-state index contributed by atoms with van der Waals surface area (Å²) in [6, 6.07) is 8.37. The molecule has 0 radical (unpaired) electrons. The highest BCUT2D eigenvalue weighted by Gasteiger charge is 1.97. The fraction of sp³-hybridized carbons (Fsp3) is 0.500. The van der Waals surface area contributed by atoms with Crippen LogP contribution in [0.25, 0.3) is 0 Å². The van der Waals surface area contributed by atoms with Gasteiger partial charge in [-0.25, -0.2) is 0 Å². The van der Waals surface area contributed by atoms with E-state index in [-0.39, 0.29) is 0 Å². The Hall–Kier alpha value is -0.380. The van der Waals surface area contributed by atoms with Gasteiger partial charge in [0.2, 0.25) is 0 Å². The molecule has 0 saturated heterocycles. The SMILES string of the molecule is NCCCCNCCc1ccccc1Br. The number of rotatable bonds is 7. The molecule has 3 heteroatoms. The smallest absolute Gasteiger partial charge is 0.0207 e. The van der Waals surface area contributed by atoms with Gasteiger partial charge in [-0.2, -0.15) is 0 Å². The average Bonchev–Trinajstić information content (AvgIpc) is 2.25. The van der Waals surface area contributed by atoms with Crippen molar-refractivity contribution in [1.82, 2.24) is 5.32 Å². The van der Waals surface area contributed by atoms with Crippen LogP contribution in [-0.4, -0.2) is 19.6 Å². The van der Waals surface area contributed by atoms with Gasteiger partial charge < -0.3 is 11.1 Å². The zero-order valence-corrected chi connectivity index (χ0v) is 10.6. The van der Waals surface area contributed by atoms with Crippen molar-refractivity contribution in [2.45, 2.75) is 19.3 Å². The highest BCUT2D eigenvalue weighted by atomic mass is 79.9. The minimum atomic E-state index is 0.798. The molecule has 1 aromatic carbocycles. The van der Waals surface area contributed by atoms with E-state index < -0.39 is 0 Å². The van der Waals surface area contributed by atoms with Gasteiger partial charge in [-0.3, -0.25) is 0 Å². The monoisotopic (exact) mass is 270 g/mol. The zero-order chi connectivity index (χ0) is 10.9. The van der Waals surface area contributed by atoms with E-state index in [2.05, 4.69) is 39.4 Å². The molecular weight excluding hydrogens is 252 g/mol. The molecule has 0 unspecified atom stereocenters. The fourth-order valence-electron chi connectivity index (χ4n) is 1.44. The van der Waals surface area contributed by atoms with E-state index in [0.717, 1.165) is 32.5 Å². The van der Waals surface area contributed by atoms with Crippen LogP contribution < -0.4 is 11.1 Å². The molecule has 0 bridgehead atoms. The first kappa shape index (κ1) is 12.7. The zero-order valence-electron chi connectivity index (χ0n) is 9.01. The second-order valence-electron chi connectivity index (χ2n) is 3.59. The van der Waals surface area contributed by atoms with Crippen LogP contribution >= 0.6 is 15.9 Å². The van der Waals surface area contributed by atoms with Crippen molar-refractivity contribution in [2.75, 3.05) is 19.6 Å². The molecule has 0 atom stereocenters. The summed E-state index contributed by atoms with van der Waals surface area (Å²) in [6.07, 6.45) is 3.36. The molecule has 3 N–H and O–H groups in total. The molecule has 0 spiro atoms. The number of halogens is 1. The molecule has 15 heavy (non-hydrogen) atoms. The van der Waals surface area contributed by atoms with Crippen LogP contribution in [0, 0.1) is 0 Å². The summed E-state index contributed by atoms with van der Waals surface area (Å²) in [5.74, 6) is 0. The van der Waals surface area contributed by atoms with Gasteiger partial charge in [-0.05, 0) is 50.5 Å². The summed E-state index contributed by atoms with van der Waals surface area (Å²) in [4.78, 5) is 0. The maximum Gasteiger partial charge on any atom is 0.0207 e. The van der Waals surface area contributed by atoms with E-state index >= 15 is 0 Å². The third-order valence-electron chi connectivity index (χ3n) is 2.34. The molecule has 0 saturated carbocycles. The summed E-state index contributed by atoms with van der Waals surface area (Å²) in [6.45, 7) is 2.90. The second-order valence-corrected chi connectivity index (χ2v) is 4.44. The number of hydrogen-bond donors (Lipinski definition) is 2. The number of nitrogens with one attached hydrogen (secondary N) is 1. The molecule has 0 aliphatic rings. The van der Waals surface area contributed by atoms with Crippen LogP contribution in [0.15, 0.2) is 28.7 Å². The van der Waals surface area contributed by atoms with Gasteiger partial charge in [-0.1, -0.05) is 34.1 Å². The molecule has 0 aliphatic heterocycles. The Morgan fingerprint density at radius 2 is 1.93 bits per heavy atom. The van der Waals surface area contributed by atoms with Gasteiger partial charge in [0, 0.05) is 4.47 Å². The number of unbranched alkanes of at least 4 members (excludes halogenated alkanes) is 1. The number of hydrogen-bond acceptors (Lipinski definition) is 2. The van der Waals surface area contributed by atoms with Gasteiger partial charge in [-0.15, -0.1) is 0 Å². The summed E-state index contributed by atoms with van der Waals surface area (Å²) < 4.78 is 1.20. The standard InChI is InChI=1S/C12H19BrN2/c13-12-6-2-1-5-11(12)7-10-15-9-4-3-8-14/h1-2,5-6,15H,3-4,7-10,14H2. The van der Waals surface area contributed by atoms with Crippen LogP contribution in [0.5, 0.6) is 0 Å². The third kappa shape index (κ3) is 5.30. The van der Waals surface area contributed by atoms with Crippen molar-refractivity contribution >= 4 is 15.9 Å². The first-order chi connectivity index (χ1) is 7.34. The van der Waals surface area contributed by atoms with Crippen molar-refractivity contribution in [2.24, 2.45) is 5.73 Å². The topological polar surface area (TPSA) is 38.0 Å². The first-order valence-corrected chi connectivity index (χ1v) is 6.28. The second kappa shape index (κ2) is 7.85. The van der Waals surface area contributed by atoms with Crippen LogP contribution in [0.3, 0.4) is 0 Å². The fourth-order valence-corrected chi connectivity index (χ4v) is 1.93. The largest absolute Gasteiger partial charge is 0.330 e. The van der Waals surface area contributed by atoms with E-state index in [1.54, 1.807) is 0 Å². The van der Waals surface area contributed by atoms with Gasteiger partial charge in [0.15, 0.2) is 0 Å². The van der Waals surface area contributed by atoms with Crippen molar-refractivity contribution < 1.29 is 0 Å². The molecule has 0 heterocycles. The van der Waals surface area contributed by atoms with E-state index in [4.69, 9.17) is 5.73 Å². The minimum absolute atomic E-state index is 0.798. The predicted molar refractivity (Wildman–Crippen MR) is 69.0 cm³/mol. The lowest BCUT2D eigenvalue weighted by Crippen LogP contribution is -2.19. The molecule has 1 aromatic rings. The Morgan fingerprint density at radius 1 is 1.13 bits per heavy atom. The van der Waals surface area contributed by atoms with E-state index in [9.17, 15) is 0 Å². The molecule has 0 aliphatic carbocycles. The molecular formula is C12H19BrN2. The molecule has 84 valence electrons. The molecule has 0 amide bonds. The lowest BCUT2D eigenvalue weighted by Gasteiger charge is -2.05. The Morgan fingerprint density at radius 3 is 2.67 bits per heavy atom. The number of benzene rings is 1. The van der Waals surface area contributed by atoms with Crippen molar-refractivity contribution in [1.29, 1.82) is 0 Å². The lowest BCUT2D eigenvalue weighted by molar-refractivity contribution is 0.626. The Bertz CT molecular complexity index is 276. The van der Waals surface area contributed by atoms with E-state index in [1.165, 1.54) is 16.5 Å².